The third-order valence-corrected chi connectivity index (χ3v) is 2.31. The highest BCUT2D eigenvalue weighted by atomic mass is 32.2. The maximum atomic E-state index is 5.52. The molecule has 0 aliphatic heterocycles. The van der Waals surface area contributed by atoms with Crippen LogP contribution >= 0.6 is 11.8 Å². The Bertz CT molecular complexity index is 291. The number of thioether (sulfide) groups is 1. The summed E-state index contributed by atoms with van der Waals surface area (Å²) in [6.07, 6.45) is 6.89. The summed E-state index contributed by atoms with van der Waals surface area (Å²) in [5, 5.41) is 0.943. The minimum Gasteiger partial charge on any atom is -0.326 e. The average molecular weight is 178 g/mol. The smallest absolute Gasteiger partial charge is 0.101 e. The number of terminal acetylenes is 1. The van der Waals surface area contributed by atoms with Gasteiger partial charge in [0.15, 0.2) is 0 Å². The Hall–Kier alpha value is -0.980. The van der Waals surface area contributed by atoms with E-state index in [1.165, 1.54) is 0 Å². The maximum absolute atomic E-state index is 5.52. The van der Waals surface area contributed by atoms with Crippen LogP contribution in [0.15, 0.2) is 23.4 Å². The molecule has 0 aromatic carbocycles. The summed E-state index contributed by atoms with van der Waals surface area (Å²) >= 11 is 1.54. The van der Waals surface area contributed by atoms with E-state index >= 15 is 0 Å². The van der Waals surface area contributed by atoms with Crippen molar-refractivity contribution in [2.24, 2.45) is 5.73 Å². The van der Waals surface area contributed by atoms with Gasteiger partial charge in [-0.1, -0.05) is 23.7 Å². The van der Waals surface area contributed by atoms with E-state index in [9.17, 15) is 0 Å². The van der Waals surface area contributed by atoms with Crippen molar-refractivity contribution in [2.45, 2.75) is 11.6 Å². The monoisotopic (exact) mass is 178 g/mol. The lowest BCUT2D eigenvalue weighted by Crippen LogP contribution is -1.99. The van der Waals surface area contributed by atoms with Crippen molar-refractivity contribution < 1.29 is 0 Å². The van der Waals surface area contributed by atoms with Crippen molar-refractivity contribution in [3.8, 4) is 12.3 Å². The van der Waals surface area contributed by atoms with Gasteiger partial charge in [-0.25, -0.2) is 4.98 Å². The summed E-state index contributed by atoms with van der Waals surface area (Å²) in [6.45, 7) is 0.515. The van der Waals surface area contributed by atoms with Crippen LogP contribution in [-0.4, -0.2) is 10.7 Å². The predicted octanol–water partition coefficient (Wildman–Crippen LogP) is 1.27. The van der Waals surface area contributed by atoms with Gasteiger partial charge in [-0.2, -0.15) is 0 Å². The van der Waals surface area contributed by atoms with Gasteiger partial charge in [0.1, 0.15) is 5.03 Å². The van der Waals surface area contributed by atoms with Gasteiger partial charge in [-0.3, -0.25) is 0 Å². The van der Waals surface area contributed by atoms with E-state index in [0.29, 0.717) is 12.3 Å². The lowest BCUT2D eigenvalue weighted by atomic mass is 10.3. The number of hydrogen-bond acceptors (Lipinski definition) is 3. The van der Waals surface area contributed by atoms with Crippen molar-refractivity contribution in [2.75, 3.05) is 5.75 Å². The van der Waals surface area contributed by atoms with Gasteiger partial charge in [-0.15, -0.1) is 6.42 Å². The number of rotatable bonds is 3. The fourth-order valence-electron chi connectivity index (χ4n) is 0.819. The van der Waals surface area contributed by atoms with Gasteiger partial charge < -0.3 is 5.73 Å². The van der Waals surface area contributed by atoms with Crippen molar-refractivity contribution in [1.29, 1.82) is 0 Å². The van der Waals surface area contributed by atoms with E-state index in [0.717, 1.165) is 10.6 Å². The third-order valence-electron chi connectivity index (χ3n) is 1.36. The van der Waals surface area contributed by atoms with Crippen molar-refractivity contribution in [1.82, 2.24) is 4.98 Å². The third kappa shape index (κ3) is 2.26. The maximum Gasteiger partial charge on any atom is 0.101 e. The summed E-state index contributed by atoms with van der Waals surface area (Å²) in [4.78, 5) is 4.17. The molecule has 0 bridgehead atoms. The highest BCUT2D eigenvalue weighted by Gasteiger charge is 1.99. The largest absolute Gasteiger partial charge is 0.326 e. The molecule has 0 saturated heterocycles. The minimum atomic E-state index is 0.515. The molecule has 2 nitrogen and oxygen atoms in total. The first kappa shape index (κ1) is 9.11. The van der Waals surface area contributed by atoms with Crippen molar-refractivity contribution >= 4 is 11.8 Å². The van der Waals surface area contributed by atoms with Gasteiger partial charge in [0.05, 0.1) is 5.75 Å². The Balaban J connectivity index is 2.76. The van der Waals surface area contributed by atoms with Crippen LogP contribution in [0, 0.1) is 12.3 Å². The second-order valence-corrected chi connectivity index (χ2v) is 3.13. The Morgan fingerprint density at radius 1 is 1.67 bits per heavy atom. The number of pyridine rings is 1. The van der Waals surface area contributed by atoms with E-state index in [-0.39, 0.29) is 0 Å². The fourth-order valence-corrected chi connectivity index (χ4v) is 1.51. The SMILES string of the molecule is C#CCSc1ncccc1CN. The molecular weight excluding hydrogens is 168 g/mol. The van der Waals surface area contributed by atoms with Gasteiger partial charge in [-0.05, 0) is 11.6 Å². The molecule has 3 heteroatoms. The van der Waals surface area contributed by atoms with Crippen molar-refractivity contribution in [3.63, 3.8) is 0 Å². The van der Waals surface area contributed by atoms with Gasteiger partial charge in [0.25, 0.3) is 0 Å². The molecule has 0 amide bonds. The minimum absolute atomic E-state index is 0.515. The molecule has 0 aliphatic carbocycles. The molecule has 0 unspecified atom stereocenters. The molecule has 1 aromatic heterocycles. The normalized spacial score (nSPS) is 9.33. The molecule has 1 heterocycles. The van der Waals surface area contributed by atoms with Crippen LogP contribution in [0.3, 0.4) is 0 Å². The quantitative estimate of drug-likeness (QED) is 0.559. The second-order valence-electron chi connectivity index (χ2n) is 2.16. The first-order chi connectivity index (χ1) is 5.88. The van der Waals surface area contributed by atoms with E-state index in [1.807, 2.05) is 12.1 Å². The molecule has 1 aromatic rings. The van der Waals surface area contributed by atoms with Crippen LogP contribution in [0.25, 0.3) is 0 Å². The Labute approximate surface area is 76.6 Å². The van der Waals surface area contributed by atoms with Crippen LogP contribution in [0.1, 0.15) is 5.56 Å². The van der Waals surface area contributed by atoms with Gasteiger partial charge >= 0.3 is 0 Å². The molecule has 0 saturated carbocycles. The van der Waals surface area contributed by atoms with Gasteiger partial charge in [0.2, 0.25) is 0 Å². The van der Waals surface area contributed by atoms with Crippen LogP contribution in [0.2, 0.25) is 0 Å². The van der Waals surface area contributed by atoms with Crippen LogP contribution in [0.4, 0.5) is 0 Å². The zero-order chi connectivity index (χ0) is 8.81. The summed E-state index contributed by atoms with van der Waals surface area (Å²) in [5.41, 5.74) is 6.57. The zero-order valence-corrected chi connectivity index (χ0v) is 7.47. The molecule has 0 atom stereocenters. The van der Waals surface area contributed by atoms with Crippen molar-refractivity contribution in [3.05, 3.63) is 23.9 Å². The van der Waals surface area contributed by atoms with E-state index in [1.54, 1.807) is 18.0 Å². The van der Waals surface area contributed by atoms with Crippen LogP contribution in [-0.2, 0) is 6.54 Å². The fraction of sp³-hybridized carbons (Fsp3) is 0.222. The predicted molar refractivity (Wildman–Crippen MR) is 51.7 cm³/mol. The number of nitrogens with zero attached hydrogens (tertiary/aromatic N) is 1. The average Bonchev–Trinajstić information content (AvgIpc) is 2.15. The van der Waals surface area contributed by atoms with Gasteiger partial charge in [0, 0.05) is 12.7 Å². The highest BCUT2D eigenvalue weighted by Crippen LogP contribution is 2.18. The Kier molecular flexibility index (Phi) is 3.65. The standard InChI is InChI=1S/C9H10N2S/c1-2-6-12-9-8(7-10)4-3-5-11-9/h1,3-5H,6-7,10H2. The Morgan fingerprint density at radius 3 is 3.17 bits per heavy atom. The summed E-state index contributed by atoms with van der Waals surface area (Å²) in [6, 6.07) is 3.84. The number of nitrogens with two attached hydrogens (primary N) is 1. The molecule has 0 spiro atoms. The topological polar surface area (TPSA) is 38.9 Å². The van der Waals surface area contributed by atoms with E-state index in [2.05, 4.69) is 10.9 Å². The summed E-state index contributed by atoms with van der Waals surface area (Å²) < 4.78 is 0. The summed E-state index contributed by atoms with van der Waals surface area (Å²) in [5.74, 6) is 3.19. The highest BCUT2D eigenvalue weighted by molar-refractivity contribution is 7.99. The molecule has 0 aliphatic rings. The van der Waals surface area contributed by atoms with Crippen LogP contribution < -0.4 is 5.73 Å². The Morgan fingerprint density at radius 2 is 2.50 bits per heavy atom. The molecule has 2 N–H and O–H groups in total. The number of hydrogen-bond donors (Lipinski definition) is 1. The zero-order valence-electron chi connectivity index (χ0n) is 6.66. The molecular formula is C9H10N2S. The van der Waals surface area contributed by atoms with E-state index in [4.69, 9.17) is 12.2 Å². The summed E-state index contributed by atoms with van der Waals surface area (Å²) in [7, 11) is 0. The first-order valence-electron chi connectivity index (χ1n) is 3.58. The second kappa shape index (κ2) is 4.81. The molecule has 62 valence electrons. The molecule has 0 radical (unpaired) electrons. The number of aromatic nitrogens is 1. The van der Waals surface area contributed by atoms with Crippen LogP contribution in [0.5, 0.6) is 0 Å². The lowest BCUT2D eigenvalue weighted by Gasteiger charge is -2.02. The molecule has 12 heavy (non-hydrogen) atoms. The molecule has 1 rings (SSSR count). The molecule has 0 fully saturated rings. The lowest BCUT2D eigenvalue weighted by molar-refractivity contribution is 0.964. The first-order valence-corrected chi connectivity index (χ1v) is 4.57. The van der Waals surface area contributed by atoms with E-state index < -0.39 is 0 Å².